The summed E-state index contributed by atoms with van der Waals surface area (Å²) in [4.78, 5) is 12.9. The Labute approximate surface area is 172 Å². The molecule has 1 aromatic heterocycles. The van der Waals surface area contributed by atoms with Crippen molar-refractivity contribution in [2.24, 2.45) is 0 Å². The first-order valence-electron chi connectivity index (χ1n) is 10.6. The predicted molar refractivity (Wildman–Crippen MR) is 116 cm³/mol. The van der Waals surface area contributed by atoms with E-state index in [2.05, 4.69) is 27.0 Å². The number of aryl methyl sites for hydroxylation is 1. The molecule has 1 N–H and O–H groups in total. The Kier molecular flexibility index (Phi) is 6.03. The van der Waals surface area contributed by atoms with E-state index in [0.717, 1.165) is 54.3 Å². The average molecular weight is 389 g/mol. The zero-order valence-corrected chi connectivity index (χ0v) is 17.0. The van der Waals surface area contributed by atoms with E-state index in [1.165, 1.54) is 19.3 Å². The molecule has 1 amide bonds. The molecule has 5 nitrogen and oxygen atoms in total. The standard InChI is InChI=1S/C24H28N4O/c1-2-9-21(18-10-5-3-6-11-18)24(29)25-20-15-13-19(14-16-20)23-27-26-22-12-7-4-8-17-28(22)23/h3,5-6,10-11,13-16,21H,2,4,7-9,12,17H2,1H3,(H,25,29). The van der Waals surface area contributed by atoms with E-state index >= 15 is 0 Å². The first kappa shape index (κ1) is 19.4. The molecule has 2 aromatic carbocycles. The maximum absolute atomic E-state index is 12.9. The van der Waals surface area contributed by atoms with Crippen molar-refractivity contribution in [1.82, 2.24) is 14.8 Å². The van der Waals surface area contributed by atoms with E-state index in [0.29, 0.717) is 0 Å². The van der Waals surface area contributed by atoms with Crippen LogP contribution in [0.25, 0.3) is 11.4 Å². The Morgan fingerprint density at radius 3 is 2.59 bits per heavy atom. The van der Waals surface area contributed by atoms with Gasteiger partial charge in [-0.3, -0.25) is 4.79 Å². The Bertz CT molecular complexity index is 947. The SMILES string of the molecule is CCCC(C(=O)Nc1ccc(-c2nnc3n2CCCCC3)cc1)c1ccccc1. The van der Waals surface area contributed by atoms with Crippen molar-refractivity contribution >= 4 is 11.6 Å². The van der Waals surface area contributed by atoms with Crippen LogP contribution in [-0.2, 0) is 17.8 Å². The number of nitrogens with zero attached hydrogens (tertiary/aromatic N) is 3. The number of aromatic nitrogens is 3. The summed E-state index contributed by atoms with van der Waals surface area (Å²) >= 11 is 0. The van der Waals surface area contributed by atoms with Crippen molar-refractivity contribution in [3.63, 3.8) is 0 Å². The minimum Gasteiger partial charge on any atom is -0.326 e. The highest BCUT2D eigenvalue weighted by Gasteiger charge is 2.20. The summed E-state index contributed by atoms with van der Waals surface area (Å²) in [6.45, 7) is 3.09. The molecule has 0 spiro atoms. The van der Waals surface area contributed by atoms with Crippen molar-refractivity contribution in [2.75, 3.05) is 5.32 Å². The molecule has 0 radical (unpaired) electrons. The van der Waals surface area contributed by atoms with Gasteiger partial charge in [0.15, 0.2) is 5.82 Å². The number of carbonyl (C=O) groups excluding carboxylic acids is 1. The fraction of sp³-hybridized carbons (Fsp3) is 0.375. The van der Waals surface area contributed by atoms with Crippen LogP contribution in [0.3, 0.4) is 0 Å². The number of rotatable bonds is 6. The molecule has 5 heteroatoms. The highest BCUT2D eigenvalue weighted by molar-refractivity contribution is 5.96. The zero-order valence-electron chi connectivity index (χ0n) is 17.0. The monoisotopic (exact) mass is 388 g/mol. The summed E-state index contributed by atoms with van der Waals surface area (Å²) in [5.41, 5.74) is 2.91. The van der Waals surface area contributed by atoms with E-state index < -0.39 is 0 Å². The number of amides is 1. The third kappa shape index (κ3) is 4.39. The fourth-order valence-electron chi connectivity index (χ4n) is 4.05. The van der Waals surface area contributed by atoms with Gasteiger partial charge < -0.3 is 9.88 Å². The number of carbonyl (C=O) groups is 1. The van der Waals surface area contributed by atoms with Crippen LogP contribution < -0.4 is 5.32 Å². The van der Waals surface area contributed by atoms with Crippen LogP contribution >= 0.6 is 0 Å². The normalized spacial score (nSPS) is 14.7. The molecule has 0 bridgehead atoms. The molecule has 3 aromatic rings. The second-order valence-corrected chi connectivity index (χ2v) is 7.72. The molecule has 1 atom stereocenters. The van der Waals surface area contributed by atoms with Gasteiger partial charge in [-0.15, -0.1) is 10.2 Å². The van der Waals surface area contributed by atoms with E-state index in [4.69, 9.17) is 0 Å². The molecular formula is C24H28N4O. The molecular weight excluding hydrogens is 360 g/mol. The number of benzene rings is 2. The van der Waals surface area contributed by atoms with Gasteiger partial charge in [0.05, 0.1) is 5.92 Å². The molecule has 0 aliphatic carbocycles. The van der Waals surface area contributed by atoms with Crippen molar-refractivity contribution < 1.29 is 4.79 Å². The molecule has 0 fully saturated rings. The molecule has 1 aliphatic rings. The van der Waals surface area contributed by atoms with Gasteiger partial charge >= 0.3 is 0 Å². The molecule has 150 valence electrons. The van der Waals surface area contributed by atoms with Crippen molar-refractivity contribution in [3.05, 3.63) is 66.0 Å². The second-order valence-electron chi connectivity index (χ2n) is 7.72. The van der Waals surface area contributed by atoms with Gasteiger partial charge in [-0.25, -0.2) is 0 Å². The summed E-state index contributed by atoms with van der Waals surface area (Å²) in [7, 11) is 0. The van der Waals surface area contributed by atoms with Gasteiger partial charge in [0.25, 0.3) is 0 Å². The van der Waals surface area contributed by atoms with Crippen molar-refractivity contribution in [2.45, 2.75) is 57.9 Å². The van der Waals surface area contributed by atoms with Gasteiger partial charge in [0.1, 0.15) is 5.82 Å². The summed E-state index contributed by atoms with van der Waals surface area (Å²) in [5, 5.41) is 11.9. The summed E-state index contributed by atoms with van der Waals surface area (Å²) < 4.78 is 2.24. The lowest BCUT2D eigenvalue weighted by atomic mass is 9.93. The lowest BCUT2D eigenvalue weighted by Crippen LogP contribution is -2.21. The van der Waals surface area contributed by atoms with Crippen LogP contribution in [0.1, 0.15) is 56.3 Å². The highest BCUT2D eigenvalue weighted by Crippen LogP contribution is 2.26. The van der Waals surface area contributed by atoms with Gasteiger partial charge in [-0.2, -0.15) is 0 Å². The fourth-order valence-corrected chi connectivity index (χ4v) is 4.05. The van der Waals surface area contributed by atoms with Crippen LogP contribution in [0.5, 0.6) is 0 Å². The summed E-state index contributed by atoms with van der Waals surface area (Å²) in [5.74, 6) is 1.92. The minimum atomic E-state index is -0.131. The number of nitrogens with one attached hydrogen (secondary N) is 1. The maximum atomic E-state index is 12.9. The van der Waals surface area contributed by atoms with Crippen LogP contribution in [0, 0.1) is 0 Å². The Morgan fingerprint density at radius 1 is 1.03 bits per heavy atom. The predicted octanol–water partition coefficient (Wildman–Crippen LogP) is 5.19. The average Bonchev–Trinajstić information content (AvgIpc) is 3.01. The molecule has 2 heterocycles. The third-order valence-electron chi connectivity index (χ3n) is 5.62. The number of hydrogen-bond donors (Lipinski definition) is 1. The van der Waals surface area contributed by atoms with Gasteiger partial charge in [-0.05, 0) is 49.1 Å². The van der Waals surface area contributed by atoms with E-state index in [-0.39, 0.29) is 11.8 Å². The molecule has 29 heavy (non-hydrogen) atoms. The van der Waals surface area contributed by atoms with Crippen molar-refractivity contribution in [3.8, 4) is 11.4 Å². The maximum Gasteiger partial charge on any atom is 0.231 e. The Balaban J connectivity index is 1.49. The lowest BCUT2D eigenvalue weighted by Gasteiger charge is -2.17. The first-order valence-corrected chi connectivity index (χ1v) is 10.6. The van der Waals surface area contributed by atoms with Crippen LogP contribution in [0.4, 0.5) is 5.69 Å². The smallest absolute Gasteiger partial charge is 0.231 e. The van der Waals surface area contributed by atoms with Crippen LogP contribution in [-0.4, -0.2) is 20.7 Å². The Morgan fingerprint density at radius 2 is 1.83 bits per heavy atom. The molecule has 1 unspecified atom stereocenters. The highest BCUT2D eigenvalue weighted by atomic mass is 16.1. The number of anilines is 1. The largest absolute Gasteiger partial charge is 0.326 e. The second kappa shape index (κ2) is 9.03. The zero-order chi connectivity index (χ0) is 20.1. The summed E-state index contributed by atoms with van der Waals surface area (Å²) in [6.07, 6.45) is 6.39. The molecule has 1 aliphatic heterocycles. The lowest BCUT2D eigenvalue weighted by molar-refractivity contribution is -0.117. The quantitative estimate of drug-likeness (QED) is 0.632. The van der Waals surface area contributed by atoms with Crippen LogP contribution in [0.2, 0.25) is 0 Å². The van der Waals surface area contributed by atoms with Gasteiger partial charge in [0.2, 0.25) is 5.91 Å². The third-order valence-corrected chi connectivity index (χ3v) is 5.62. The van der Waals surface area contributed by atoms with E-state index in [9.17, 15) is 4.79 Å². The molecule has 0 saturated carbocycles. The Hall–Kier alpha value is -2.95. The first-order chi connectivity index (χ1) is 14.3. The van der Waals surface area contributed by atoms with E-state index in [1.807, 2.05) is 54.6 Å². The van der Waals surface area contributed by atoms with Crippen molar-refractivity contribution in [1.29, 1.82) is 0 Å². The number of hydrogen-bond acceptors (Lipinski definition) is 3. The number of fused-ring (bicyclic) bond motifs is 1. The molecule has 0 saturated heterocycles. The minimum absolute atomic E-state index is 0.0437. The van der Waals surface area contributed by atoms with E-state index in [1.54, 1.807) is 0 Å². The van der Waals surface area contributed by atoms with Gasteiger partial charge in [-0.1, -0.05) is 50.1 Å². The molecule has 4 rings (SSSR count). The van der Waals surface area contributed by atoms with Gasteiger partial charge in [0, 0.05) is 24.2 Å². The van der Waals surface area contributed by atoms with Crippen LogP contribution in [0.15, 0.2) is 54.6 Å². The topological polar surface area (TPSA) is 59.8 Å². The summed E-state index contributed by atoms with van der Waals surface area (Å²) in [6, 6.07) is 18.0.